The first-order valence-electron chi connectivity index (χ1n) is 14.3. The van der Waals surface area contributed by atoms with Crippen LogP contribution in [0.2, 0.25) is 0 Å². The Labute approximate surface area is 266 Å². The number of amides is 2. The first-order valence-corrected chi connectivity index (χ1v) is 15.1. The van der Waals surface area contributed by atoms with E-state index in [-0.39, 0.29) is 31.3 Å². The molecule has 3 aromatic carbocycles. The summed E-state index contributed by atoms with van der Waals surface area (Å²) in [6, 6.07) is 23.3. The first-order chi connectivity index (χ1) is 21.7. The Morgan fingerprint density at radius 3 is 2.40 bits per heavy atom. The van der Waals surface area contributed by atoms with Gasteiger partial charge in [0.05, 0.1) is 18.2 Å². The van der Waals surface area contributed by atoms with E-state index in [9.17, 15) is 22.8 Å². The van der Waals surface area contributed by atoms with Crippen molar-refractivity contribution in [2.75, 3.05) is 18.0 Å². The Morgan fingerprint density at radius 1 is 1.00 bits per heavy atom. The zero-order chi connectivity index (χ0) is 31.8. The molecule has 234 valence electrons. The Balaban J connectivity index is 1.24. The fourth-order valence-electron chi connectivity index (χ4n) is 5.05. The monoisotopic (exact) mass is 682 g/mol. The van der Waals surface area contributed by atoms with Crippen LogP contribution in [0.15, 0.2) is 100 Å². The van der Waals surface area contributed by atoms with Crippen LogP contribution in [0.5, 0.6) is 0 Å². The number of anilines is 1. The maximum Gasteiger partial charge on any atom is 0.471 e. The minimum atomic E-state index is -5.09. The topological polar surface area (TPSA) is 88.8 Å². The lowest BCUT2D eigenvalue weighted by Crippen LogP contribution is -2.41. The molecular weight excluding hydrogens is 653 g/mol. The Bertz CT molecular complexity index is 1630. The molecule has 1 saturated heterocycles. The lowest BCUT2D eigenvalue weighted by atomic mass is 10.1. The first kappa shape index (κ1) is 32.0. The molecule has 1 atom stereocenters. The highest BCUT2D eigenvalue weighted by atomic mass is 79.9. The van der Waals surface area contributed by atoms with Gasteiger partial charge in [0, 0.05) is 24.0 Å². The normalized spacial score (nSPS) is 15.0. The summed E-state index contributed by atoms with van der Waals surface area (Å²) in [6.45, 7) is 0.229. The van der Waals surface area contributed by atoms with E-state index in [0.29, 0.717) is 46.0 Å². The smallest absolute Gasteiger partial charge is 0.445 e. The average molecular weight is 684 g/mol. The van der Waals surface area contributed by atoms with Crippen LogP contribution < -0.4 is 4.90 Å². The molecule has 4 aromatic rings. The number of aromatic nitrogens is 2. The van der Waals surface area contributed by atoms with Crippen LogP contribution in [0.4, 0.5) is 23.7 Å². The van der Waals surface area contributed by atoms with Gasteiger partial charge in [-0.2, -0.15) is 18.2 Å². The second-order valence-corrected chi connectivity index (χ2v) is 11.4. The Kier molecular flexibility index (Phi) is 10.3. The van der Waals surface area contributed by atoms with Crippen molar-refractivity contribution in [3.63, 3.8) is 0 Å². The fraction of sp³-hybridized carbons (Fsp3) is 0.273. The molecule has 0 saturated carbocycles. The maximum atomic E-state index is 13.6. The number of ether oxygens (including phenoxy) is 1. The van der Waals surface area contributed by atoms with Crippen molar-refractivity contribution < 1.29 is 32.0 Å². The van der Waals surface area contributed by atoms with Gasteiger partial charge in [-0.1, -0.05) is 84.0 Å². The molecule has 0 N–H and O–H groups in total. The van der Waals surface area contributed by atoms with Crippen molar-refractivity contribution in [3.8, 4) is 0 Å². The average Bonchev–Trinajstić information content (AvgIpc) is 3.68. The lowest BCUT2D eigenvalue weighted by Gasteiger charge is -2.25. The summed E-state index contributed by atoms with van der Waals surface area (Å²) in [4.78, 5) is 31.8. The molecule has 45 heavy (non-hydrogen) atoms. The zero-order valence-corrected chi connectivity index (χ0v) is 25.7. The van der Waals surface area contributed by atoms with E-state index in [0.717, 1.165) is 17.5 Å². The van der Waals surface area contributed by atoms with Crippen molar-refractivity contribution in [2.45, 2.75) is 44.5 Å². The van der Waals surface area contributed by atoms with Gasteiger partial charge in [0.15, 0.2) is 5.82 Å². The van der Waals surface area contributed by atoms with E-state index in [1.54, 1.807) is 23.1 Å². The zero-order valence-electron chi connectivity index (χ0n) is 24.1. The summed E-state index contributed by atoms with van der Waals surface area (Å²) < 4.78 is 52.0. The molecule has 2 heterocycles. The van der Waals surface area contributed by atoms with E-state index in [1.807, 2.05) is 60.7 Å². The van der Waals surface area contributed by atoms with Gasteiger partial charge in [0.25, 0.3) is 0 Å². The van der Waals surface area contributed by atoms with Crippen molar-refractivity contribution in [2.24, 2.45) is 0 Å². The number of benzene rings is 3. The summed E-state index contributed by atoms with van der Waals surface area (Å²) in [5, 5.41) is 4.02. The number of hydrogen-bond acceptors (Lipinski definition) is 6. The highest BCUT2D eigenvalue weighted by Crippen LogP contribution is 2.32. The number of hydrogen-bond donors (Lipinski definition) is 0. The van der Waals surface area contributed by atoms with Gasteiger partial charge in [-0.25, -0.2) is 4.79 Å². The second kappa shape index (κ2) is 14.6. The predicted molar refractivity (Wildman–Crippen MR) is 164 cm³/mol. The quantitative estimate of drug-likeness (QED) is 0.164. The van der Waals surface area contributed by atoms with E-state index in [2.05, 4.69) is 26.1 Å². The van der Waals surface area contributed by atoms with Crippen LogP contribution in [-0.4, -0.2) is 52.3 Å². The third kappa shape index (κ3) is 8.59. The van der Waals surface area contributed by atoms with Crippen LogP contribution in [-0.2, 0) is 29.0 Å². The van der Waals surface area contributed by atoms with Crippen molar-refractivity contribution in [1.82, 2.24) is 15.0 Å². The maximum absolute atomic E-state index is 13.6. The molecule has 0 aliphatic carbocycles. The van der Waals surface area contributed by atoms with Gasteiger partial charge in [-0.15, -0.1) is 0 Å². The standard InChI is InChI=1S/C33H30BrF3N4O4/c34-27-19-25(21-30-38-29(39-45-30)20-23-9-3-1-4-10-23)15-16-28(27)41(31(42)33(35,36)37)18-8-14-26-13-7-17-40(26)32(43)44-22-24-11-5-2-6-12-24/h1-6,8-12,14-16,19,26H,7,13,17-18,20-22H2/t26-/m1/s1. The second-order valence-electron chi connectivity index (χ2n) is 10.5. The SMILES string of the molecule is O=C(OCc1ccccc1)N1CCC[C@@H]1C=CCN(C(=O)C(F)(F)F)c1ccc(Cc2nc(Cc3ccccc3)no2)cc1Br. The molecule has 1 fully saturated rings. The van der Waals surface area contributed by atoms with Crippen LogP contribution in [0.3, 0.4) is 0 Å². The number of rotatable bonds is 10. The van der Waals surface area contributed by atoms with Crippen molar-refractivity contribution in [3.05, 3.63) is 124 Å². The van der Waals surface area contributed by atoms with Gasteiger partial charge in [-0.05, 0) is 57.6 Å². The van der Waals surface area contributed by atoms with Crippen LogP contribution in [0.1, 0.15) is 41.2 Å². The minimum Gasteiger partial charge on any atom is -0.445 e. The molecule has 0 spiro atoms. The molecule has 0 radical (unpaired) electrons. The molecule has 0 bridgehead atoms. The summed E-state index contributed by atoms with van der Waals surface area (Å²) in [5.41, 5.74) is 2.63. The molecule has 12 heteroatoms. The number of alkyl halides is 3. The highest BCUT2D eigenvalue weighted by Gasteiger charge is 2.43. The molecule has 5 rings (SSSR count). The lowest BCUT2D eigenvalue weighted by molar-refractivity contribution is -0.170. The van der Waals surface area contributed by atoms with Gasteiger partial charge in [0.1, 0.15) is 6.61 Å². The summed E-state index contributed by atoms with van der Waals surface area (Å²) in [7, 11) is 0. The largest absolute Gasteiger partial charge is 0.471 e. The summed E-state index contributed by atoms with van der Waals surface area (Å²) >= 11 is 3.35. The minimum absolute atomic E-state index is 0.0477. The van der Waals surface area contributed by atoms with E-state index < -0.39 is 18.2 Å². The molecule has 1 aliphatic rings. The molecule has 1 aliphatic heterocycles. The Morgan fingerprint density at radius 2 is 1.71 bits per heavy atom. The third-order valence-corrected chi connectivity index (χ3v) is 7.88. The van der Waals surface area contributed by atoms with Gasteiger partial charge < -0.3 is 14.2 Å². The van der Waals surface area contributed by atoms with Crippen molar-refractivity contribution in [1.29, 1.82) is 0 Å². The van der Waals surface area contributed by atoms with Crippen LogP contribution in [0.25, 0.3) is 0 Å². The van der Waals surface area contributed by atoms with E-state index >= 15 is 0 Å². The number of halogens is 4. The highest BCUT2D eigenvalue weighted by molar-refractivity contribution is 9.10. The predicted octanol–water partition coefficient (Wildman–Crippen LogP) is 7.27. The van der Waals surface area contributed by atoms with E-state index in [1.165, 1.54) is 12.1 Å². The number of carbonyl (C=O) groups is 2. The Hall–Kier alpha value is -4.45. The van der Waals surface area contributed by atoms with Gasteiger partial charge >= 0.3 is 18.2 Å². The number of carbonyl (C=O) groups excluding carboxylic acids is 2. The fourth-order valence-corrected chi connectivity index (χ4v) is 5.69. The molecular formula is C33H30BrF3N4O4. The van der Waals surface area contributed by atoms with Gasteiger partial charge in [0.2, 0.25) is 5.89 Å². The molecule has 8 nitrogen and oxygen atoms in total. The number of nitrogens with zero attached hydrogens (tertiary/aromatic N) is 4. The molecule has 0 unspecified atom stereocenters. The van der Waals surface area contributed by atoms with Crippen LogP contribution >= 0.6 is 15.9 Å². The van der Waals surface area contributed by atoms with E-state index in [4.69, 9.17) is 9.26 Å². The molecule has 2 amide bonds. The molecule has 1 aromatic heterocycles. The van der Waals surface area contributed by atoms with Gasteiger partial charge in [-0.3, -0.25) is 9.69 Å². The summed E-state index contributed by atoms with van der Waals surface area (Å²) in [5.74, 6) is -1.13. The van der Waals surface area contributed by atoms with Crippen molar-refractivity contribution >= 4 is 33.6 Å². The van der Waals surface area contributed by atoms with Crippen LogP contribution in [0, 0.1) is 0 Å². The third-order valence-electron chi connectivity index (χ3n) is 7.25. The number of likely N-dealkylation sites (tertiary alicyclic amines) is 1. The summed E-state index contributed by atoms with van der Waals surface area (Å²) in [6.07, 6.45) is -0.351.